The van der Waals surface area contributed by atoms with Crippen molar-refractivity contribution in [2.75, 3.05) is 61.3 Å². The maximum atomic E-state index is 12.6. The number of carbonyl (C=O) groups excluding carboxylic acids is 3. The molecular formula is C95H107Cl3N10O13. The van der Waals surface area contributed by atoms with Crippen molar-refractivity contribution in [1.82, 2.24) is 40.1 Å². The fourth-order valence-corrected chi connectivity index (χ4v) is 14.0. The van der Waals surface area contributed by atoms with Crippen LogP contribution in [0.3, 0.4) is 0 Å². The van der Waals surface area contributed by atoms with Crippen LogP contribution in [-0.2, 0) is 33.5 Å². The van der Waals surface area contributed by atoms with E-state index < -0.39 is 16.3 Å². The van der Waals surface area contributed by atoms with Crippen LogP contribution in [0.15, 0.2) is 219 Å². The first-order valence-electron chi connectivity index (χ1n) is 39.0. The average Bonchev–Trinajstić information content (AvgIpc) is 1.61. The minimum Gasteiger partial charge on any atom is -0.497 e. The Balaban J connectivity index is 0.000000195. The summed E-state index contributed by atoms with van der Waals surface area (Å²) < 4.78 is 30.0. The number of aryl methyl sites for hydroxylation is 6. The van der Waals surface area contributed by atoms with E-state index in [1.165, 1.54) is 99.9 Å². The van der Waals surface area contributed by atoms with Crippen LogP contribution >= 0.6 is 36.4 Å². The van der Waals surface area contributed by atoms with E-state index in [0.717, 1.165) is 123 Å². The lowest BCUT2D eigenvalue weighted by Crippen LogP contribution is -2.40. The van der Waals surface area contributed by atoms with E-state index in [-0.39, 0.29) is 43.0 Å². The van der Waals surface area contributed by atoms with Crippen molar-refractivity contribution in [3.63, 3.8) is 0 Å². The van der Waals surface area contributed by atoms with E-state index in [1.807, 2.05) is 129 Å². The molecule has 121 heavy (non-hydrogen) atoms. The van der Waals surface area contributed by atoms with E-state index in [9.17, 15) is 24.5 Å². The third kappa shape index (κ3) is 26.6. The Morgan fingerprint density at radius 2 is 0.942 bits per heavy atom. The van der Waals surface area contributed by atoms with E-state index in [0.29, 0.717) is 26.3 Å². The van der Waals surface area contributed by atoms with Crippen LogP contribution in [0.1, 0.15) is 121 Å². The van der Waals surface area contributed by atoms with E-state index in [1.54, 1.807) is 47.8 Å². The predicted molar refractivity (Wildman–Crippen MR) is 491 cm³/mol. The number of carbonyl (C=O) groups is 4. The summed E-state index contributed by atoms with van der Waals surface area (Å²) in [5, 5.41) is 28.4. The number of nitro groups is 1. The molecule has 636 valence electrons. The smallest absolute Gasteiger partial charge is 0.410 e. The van der Waals surface area contributed by atoms with Crippen molar-refractivity contribution in [3.8, 4) is 23.0 Å². The Bertz CT molecular complexity index is 5860. The number of carboxylic acid groups (broad SMARTS) is 1. The standard InChI is InChI=1S/C22H24N2O3.C19H20N2O.C11H10N2O2.C11H14N2.C10H9NO.C9H9N.C8H10O2.C3H5ClO2.C2H4O2.2ClH/c1-4-27-22(25)24-12-11-18-17-10-5-14(2)13-19(17)23-20(18)21(24)15-6-8-16(26-3)9-7-15;1-12-3-8-15-16-9-10-20-18(19(16)21-17(15)11-12)13-4-6-14(22-2)7-5-13;1-8-2-3-10-9(4-5-13(14)15)7-12-11(10)6-8;1-8-2-3-10-9(4-5-12)7-13-11(10)6-8;1-7-2-3-9-8(6-12)5-11-10(9)4-7;1-7-2-3-8-4-5-10-9(8)6-7;1-9-7-3-5-8(10-2)6-4-7;1-2-6-3(4)5;1-2(3)4;;/h5-10,13,21,23H,4,11-12H2,1-3H3;3-8,11,18,20-21H,9-10H2,1-2H3;2-7,12H,1H3;2-3,6-7,13H,4-5,12H2,1H3;2-6,11H,1H3;2-6,10H,1H3;3-6H,1-2H3;2H2,1H3;1H3,(H,3,4);2*1H/b;;5-4-;;;;;;;;. The molecule has 26 heteroatoms. The fraction of sp³-hybridized carbons (Fsp3) is 0.242. The number of aromatic nitrogens is 6. The van der Waals surface area contributed by atoms with Crippen molar-refractivity contribution >= 4 is 132 Å². The molecule has 0 spiro atoms. The van der Waals surface area contributed by atoms with Crippen LogP contribution in [0, 0.1) is 51.7 Å². The summed E-state index contributed by atoms with van der Waals surface area (Å²) in [7, 11) is 6.63. The van der Waals surface area contributed by atoms with Gasteiger partial charge in [0.15, 0.2) is 6.29 Å². The minimum absolute atomic E-state index is 0. The van der Waals surface area contributed by atoms with Crippen LogP contribution in [0.2, 0.25) is 0 Å². The highest BCUT2D eigenvalue weighted by molar-refractivity contribution is 6.61. The number of aldehydes is 1. The van der Waals surface area contributed by atoms with E-state index in [4.69, 9.17) is 50.9 Å². The van der Waals surface area contributed by atoms with Gasteiger partial charge in [-0.3, -0.25) is 24.6 Å². The number of halogens is 3. The van der Waals surface area contributed by atoms with Crippen molar-refractivity contribution in [2.24, 2.45) is 5.73 Å². The third-order valence-electron chi connectivity index (χ3n) is 19.6. The molecule has 0 saturated heterocycles. The second-order valence-electron chi connectivity index (χ2n) is 28.2. The maximum Gasteiger partial charge on any atom is 0.410 e. The highest BCUT2D eigenvalue weighted by atomic mass is 35.5. The number of hydrogen-bond acceptors (Lipinski definition) is 14. The molecule has 2 unspecified atom stereocenters. The summed E-state index contributed by atoms with van der Waals surface area (Å²) in [6, 6.07) is 63.7. The number of carboxylic acids is 1. The van der Waals surface area contributed by atoms with Crippen LogP contribution in [0.5, 0.6) is 23.0 Å². The van der Waals surface area contributed by atoms with Gasteiger partial charge in [-0.15, -0.1) is 24.8 Å². The fourth-order valence-electron chi connectivity index (χ4n) is 13.9. The van der Waals surface area contributed by atoms with Gasteiger partial charge in [-0.05, 0) is 239 Å². The van der Waals surface area contributed by atoms with Crippen molar-refractivity contribution in [1.29, 1.82) is 0 Å². The molecule has 0 radical (unpaired) electrons. The molecule has 0 bridgehead atoms. The zero-order valence-electron chi connectivity index (χ0n) is 70.3. The number of aromatic amines is 6. The van der Waals surface area contributed by atoms with Gasteiger partial charge in [0.1, 0.15) is 29.0 Å². The molecule has 0 saturated carbocycles. The van der Waals surface area contributed by atoms with Gasteiger partial charge in [-0.25, -0.2) is 9.59 Å². The largest absolute Gasteiger partial charge is 0.497 e. The van der Waals surface area contributed by atoms with Crippen LogP contribution in [0.4, 0.5) is 9.59 Å². The molecule has 10 N–H and O–H groups in total. The van der Waals surface area contributed by atoms with Crippen LogP contribution < -0.4 is 30.0 Å². The highest BCUT2D eigenvalue weighted by Gasteiger charge is 2.35. The molecule has 0 aliphatic carbocycles. The zero-order valence-corrected chi connectivity index (χ0v) is 72.7. The SMILES string of the molecule is CC(=O)O.CCOC(=O)Cl.CCOC(=O)N1CCc2c([nH]c3cc(C)ccc23)C1c1ccc(OC)cc1.COc1ccc(C2NCCc3c2[nH]c2cc(C)ccc32)cc1.COc1ccc(OC)cc1.Cc1ccc2c(/C=C\[N+](=O)[O-])c[nH]c2c1.Cc1ccc2c(C=O)c[nH]c2c1.Cc1ccc2c(CCN)c[nH]c2c1.Cc1ccc2cc[nH]c2c1.Cl.Cl. The molecule has 2 aliphatic rings. The summed E-state index contributed by atoms with van der Waals surface area (Å²) >= 11 is 4.72. The monoisotopic (exact) mass is 1700 g/mol. The first-order valence-corrected chi connectivity index (χ1v) is 39.4. The normalized spacial score (nSPS) is 12.6. The molecule has 8 heterocycles. The lowest BCUT2D eigenvalue weighted by molar-refractivity contribution is -0.400. The van der Waals surface area contributed by atoms with Gasteiger partial charge in [-0.2, -0.15) is 0 Å². The Morgan fingerprint density at radius 3 is 1.40 bits per heavy atom. The highest BCUT2D eigenvalue weighted by Crippen LogP contribution is 2.40. The lowest BCUT2D eigenvalue weighted by atomic mass is 9.92. The second kappa shape index (κ2) is 47.1. The van der Waals surface area contributed by atoms with E-state index >= 15 is 0 Å². The summed E-state index contributed by atoms with van der Waals surface area (Å²) in [5.41, 5.74) is 29.3. The summed E-state index contributed by atoms with van der Waals surface area (Å²) in [6.45, 7) is 20.1. The van der Waals surface area contributed by atoms with Gasteiger partial charge in [0, 0.05) is 145 Å². The van der Waals surface area contributed by atoms with Crippen molar-refractivity contribution in [3.05, 3.63) is 313 Å². The molecule has 6 aromatic heterocycles. The molecule has 15 aromatic rings. The quantitative estimate of drug-likeness (QED) is 0.0224. The Hall–Kier alpha value is -12.8. The molecule has 23 nitrogen and oxygen atoms in total. The number of fused-ring (bicyclic) bond motifs is 10. The predicted octanol–water partition coefficient (Wildman–Crippen LogP) is 21.8. The number of hydrogen-bond donors (Lipinski definition) is 9. The summed E-state index contributed by atoms with van der Waals surface area (Å²) in [4.78, 5) is 73.1. The van der Waals surface area contributed by atoms with Crippen LogP contribution in [-0.4, -0.2) is 130 Å². The van der Waals surface area contributed by atoms with Crippen LogP contribution in [0.25, 0.3) is 71.5 Å². The molecule has 17 rings (SSSR count). The number of rotatable bonds is 13. The number of H-pyrrole nitrogens is 6. The molecule has 2 aliphatic heterocycles. The number of nitrogens with one attached hydrogen (secondary N) is 7. The first kappa shape index (κ1) is 95.4. The number of benzene rings is 9. The molecule has 0 fully saturated rings. The minimum atomic E-state index is -0.833. The van der Waals surface area contributed by atoms with Crippen molar-refractivity contribution < 1.29 is 57.6 Å². The maximum absolute atomic E-state index is 12.6. The third-order valence-corrected chi connectivity index (χ3v) is 19.7. The Kier molecular flexibility index (Phi) is 37.1. The topological polar surface area (TPSA) is 323 Å². The number of nitrogens with zero attached hydrogens (tertiary/aromatic N) is 2. The molecule has 2 atom stereocenters. The first-order chi connectivity index (χ1) is 57.4. The number of methoxy groups -OCH3 is 4. The summed E-state index contributed by atoms with van der Waals surface area (Å²) in [5.74, 6) is 2.55. The number of nitrogens with two attached hydrogens (primary N) is 1. The van der Waals surface area contributed by atoms with Gasteiger partial charge in [0.25, 0.3) is 5.97 Å². The Morgan fingerprint density at radius 1 is 0.529 bits per heavy atom. The molecule has 1 amide bonds. The lowest BCUT2D eigenvalue weighted by Gasteiger charge is -2.35. The van der Waals surface area contributed by atoms with Gasteiger partial charge in [-0.1, -0.05) is 97.1 Å². The van der Waals surface area contributed by atoms with Gasteiger partial charge >= 0.3 is 11.5 Å². The van der Waals surface area contributed by atoms with Gasteiger partial charge < -0.3 is 74.5 Å². The Labute approximate surface area is 721 Å². The van der Waals surface area contributed by atoms with E-state index in [2.05, 4.69) is 165 Å². The zero-order chi connectivity index (χ0) is 85.7. The molecule has 9 aromatic carbocycles. The van der Waals surface area contributed by atoms with Gasteiger partial charge in [0.2, 0.25) is 6.20 Å². The average molecular weight is 1700 g/mol. The second-order valence-corrected chi connectivity index (χ2v) is 28.5. The van der Waals surface area contributed by atoms with Gasteiger partial charge in [0.05, 0.1) is 52.6 Å². The summed E-state index contributed by atoms with van der Waals surface area (Å²) in [6.07, 6.45) is 13.4. The number of ether oxygens (including phenoxy) is 6. The number of aliphatic carboxylic acids is 1. The number of amides is 1. The molecular weight excluding hydrogens is 1600 g/mol. The van der Waals surface area contributed by atoms with Crippen molar-refractivity contribution in [2.45, 2.75) is 93.7 Å².